The summed E-state index contributed by atoms with van der Waals surface area (Å²) in [5.41, 5.74) is 1.72. The van der Waals surface area contributed by atoms with Gasteiger partial charge in [-0.05, 0) is 36.6 Å². The largest absolute Gasteiger partial charge is 0.457 e. The van der Waals surface area contributed by atoms with Gasteiger partial charge in [0.15, 0.2) is 0 Å². The molecular formula is C15H13FO3. The van der Waals surface area contributed by atoms with Crippen molar-refractivity contribution >= 4 is 17.3 Å². The molecule has 1 aromatic carbocycles. The van der Waals surface area contributed by atoms with E-state index in [4.69, 9.17) is 4.74 Å². The molecule has 1 aliphatic carbocycles. The number of benzene rings is 1. The molecule has 98 valence electrons. The molecule has 0 N–H and O–H groups in total. The maximum Gasteiger partial charge on any atom is 0.314 e. The summed E-state index contributed by atoms with van der Waals surface area (Å²) >= 11 is 0. The van der Waals surface area contributed by atoms with E-state index in [1.165, 1.54) is 19.1 Å². The molecule has 0 unspecified atom stereocenters. The van der Waals surface area contributed by atoms with Gasteiger partial charge in [-0.25, -0.2) is 4.39 Å². The fourth-order valence-corrected chi connectivity index (χ4v) is 2.83. The minimum Gasteiger partial charge on any atom is -0.457 e. The Balaban J connectivity index is 1.99. The summed E-state index contributed by atoms with van der Waals surface area (Å²) in [6.45, 7) is 1.50. The molecule has 2 bridgehead atoms. The highest BCUT2D eigenvalue weighted by Gasteiger charge is 2.45. The number of ketones is 1. The number of halogens is 1. The molecule has 0 aromatic heterocycles. The number of Topliss-reactive ketones (excluding diaryl/α,β-unsaturated/α-hetero) is 1. The minimum atomic E-state index is -0.498. The van der Waals surface area contributed by atoms with Crippen LogP contribution in [0.4, 0.5) is 4.39 Å². The molecule has 2 aliphatic heterocycles. The van der Waals surface area contributed by atoms with E-state index in [2.05, 4.69) is 0 Å². The van der Waals surface area contributed by atoms with Crippen LogP contribution in [0.1, 0.15) is 18.9 Å². The smallest absolute Gasteiger partial charge is 0.314 e. The molecule has 0 spiro atoms. The highest BCUT2D eigenvalue weighted by atomic mass is 19.1. The van der Waals surface area contributed by atoms with Crippen LogP contribution < -0.4 is 0 Å². The fraction of sp³-hybridized carbons (Fsp3) is 0.333. The van der Waals surface area contributed by atoms with Crippen molar-refractivity contribution in [2.45, 2.75) is 19.4 Å². The Hall–Kier alpha value is -1.97. The van der Waals surface area contributed by atoms with Gasteiger partial charge < -0.3 is 4.74 Å². The lowest BCUT2D eigenvalue weighted by Gasteiger charge is -2.39. The van der Waals surface area contributed by atoms with Crippen LogP contribution in [0.3, 0.4) is 0 Å². The summed E-state index contributed by atoms with van der Waals surface area (Å²) in [6, 6.07) is 6.09. The Kier molecular flexibility index (Phi) is 2.73. The lowest BCUT2D eigenvalue weighted by molar-refractivity contribution is -0.162. The van der Waals surface area contributed by atoms with Gasteiger partial charge in [0.05, 0.1) is 5.92 Å². The van der Waals surface area contributed by atoms with Gasteiger partial charge in [-0.1, -0.05) is 18.2 Å². The van der Waals surface area contributed by atoms with Crippen molar-refractivity contribution in [3.8, 4) is 0 Å². The van der Waals surface area contributed by atoms with Gasteiger partial charge in [-0.2, -0.15) is 0 Å². The number of ether oxygens (including phenoxy) is 1. The summed E-state index contributed by atoms with van der Waals surface area (Å²) in [6.07, 6.45) is 1.94. The first-order valence-electron chi connectivity index (χ1n) is 6.25. The van der Waals surface area contributed by atoms with E-state index in [1.54, 1.807) is 18.2 Å². The maximum absolute atomic E-state index is 12.9. The summed E-state index contributed by atoms with van der Waals surface area (Å²) in [5, 5.41) is 0. The zero-order valence-electron chi connectivity index (χ0n) is 10.4. The molecule has 1 saturated heterocycles. The van der Waals surface area contributed by atoms with Gasteiger partial charge in [0.1, 0.15) is 17.7 Å². The fourth-order valence-electron chi connectivity index (χ4n) is 2.83. The topological polar surface area (TPSA) is 43.4 Å². The van der Waals surface area contributed by atoms with Gasteiger partial charge in [0, 0.05) is 5.92 Å². The number of hydrogen-bond donors (Lipinski definition) is 0. The third kappa shape index (κ3) is 1.97. The zero-order chi connectivity index (χ0) is 13.6. The van der Waals surface area contributed by atoms with Crippen molar-refractivity contribution in [3.05, 3.63) is 41.7 Å². The normalized spacial score (nSPS) is 28.8. The maximum atomic E-state index is 12.9. The lowest BCUT2D eigenvalue weighted by Crippen LogP contribution is -2.44. The Labute approximate surface area is 110 Å². The van der Waals surface area contributed by atoms with E-state index in [1.807, 2.05) is 0 Å². The highest BCUT2D eigenvalue weighted by molar-refractivity contribution is 5.93. The molecule has 0 radical (unpaired) electrons. The number of rotatable bonds is 2. The van der Waals surface area contributed by atoms with Crippen LogP contribution in [0.5, 0.6) is 0 Å². The van der Waals surface area contributed by atoms with Gasteiger partial charge >= 0.3 is 5.97 Å². The van der Waals surface area contributed by atoms with E-state index >= 15 is 0 Å². The first-order valence-corrected chi connectivity index (χ1v) is 6.25. The Morgan fingerprint density at radius 1 is 1.32 bits per heavy atom. The predicted octanol–water partition coefficient (Wildman–Crippen LogP) is 2.36. The Bertz CT molecular complexity index is 574. The third-order valence-corrected chi connectivity index (χ3v) is 3.84. The van der Waals surface area contributed by atoms with E-state index in [0.29, 0.717) is 6.42 Å². The van der Waals surface area contributed by atoms with E-state index < -0.39 is 12.0 Å². The summed E-state index contributed by atoms with van der Waals surface area (Å²) in [5.74, 6) is -1.40. The van der Waals surface area contributed by atoms with Crippen molar-refractivity contribution < 1.29 is 18.7 Å². The second-order valence-corrected chi connectivity index (χ2v) is 5.03. The van der Waals surface area contributed by atoms with E-state index in [0.717, 1.165) is 11.1 Å². The standard InChI is InChI=1S/C15H13FO3/c1-8(17)11-7-14-12(6-13(11)15(18)19-14)9-2-4-10(16)5-3-9/h2-6,11,13-14H,7H2,1H3/t11-,13+,14+/m1/s1. The summed E-state index contributed by atoms with van der Waals surface area (Å²) < 4.78 is 18.2. The van der Waals surface area contributed by atoms with E-state index in [9.17, 15) is 14.0 Å². The van der Waals surface area contributed by atoms with Crippen molar-refractivity contribution in [1.82, 2.24) is 0 Å². The van der Waals surface area contributed by atoms with Crippen LogP contribution in [0.2, 0.25) is 0 Å². The quantitative estimate of drug-likeness (QED) is 0.767. The van der Waals surface area contributed by atoms with Crippen LogP contribution in [-0.2, 0) is 14.3 Å². The van der Waals surface area contributed by atoms with Crippen LogP contribution >= 0.6 is 0 Å². The first-order chi connectivity index (χ1) is 9.06. The van der Waals surface area contributed by atoms with Gasteiger partial charge in [-0.3, -0.25) is 9.59 Å². The number of hydrogen-bond acceptors (Lipinski definition) is 3. The van der Waals surface area contributed by atoms with Gasteiger partial charge in [0.2, 0.25) is 0 Å². The molecular weight excluding hydrogens is 247 g/mol. The average molecular weight is 260 g/mol. The molecule has 0 saturated carbocycles. The number of fused-ring (bicyclic) bond motifs is 2. The van der Waals surface area contributed by atoms with Gasteiger partial charge in [0.25, 0.3) is 0 Å². The molecule has 1 aromatic rings. The van der Waals surface area contributed by atoms with Crippen LogP contribution in [0, 0.1) is 17.7 Å². The molecule has 1 fully saturated rings. The molecule has 4 rings (SSSR count). The van der Waals surface area contributed by atoms with Crippen LogP contribution in [0.15, 0.2) is 30.3 Å². The molecule has 19 heavy (non-hydrogen) atoms. The molecule has 3 nitrogen and oxygen atoms in total. The third-order valence-electron chi connectivity index (χ3n) is 3.84. The predicted molar refractivity (Wildman–Crippen MR) is 66.5 cm³/mol. The van der Waals surface area contributed by atoms with E-state index in [-0.39, 0.29) is 23.5 Å². The SMILES string of the molecule is CC(=O)[C@H]1C[C@@H]2OC(=O)[C@H]1C=C2c1ccc(F)cc1. The first kappa shape index (κ1) is 12.1. The van der Waals surface area contributed by atoms with Crippen LogP contribution in [0.25, 0.3) is 5.57 Å². The second-order valence-electron chi connectivity index (χ2n) is 5.03. The number of esters is 1. The highest BCUT2D eigenvalue weighted by Crippen LogP contribution is 2.41. The molecule has 3 aliphatic rings. The average Bonchev–Trinajstić information content (AvgIpc) is 2.39. The van der Waals surface area contributed by atoms with Crippen molar-refractivity contribution in [2.75, 3.05) is 0 Å². The molecule has 2 heterocycles. The minimum absolute atomic E-state index is 0.0149. The van der Waals surface area contributed by atoms with Crippen molar-refractivity contribution in [1.29, 1.82) is 0 Å². The molecule has 4 heteroatoms. The van der Waals surface area contributed by atoms with Crippen molar-refractivity contribution in [3.63, 3.8) is 0 Å². The number of carbonyl (C=O) groups excluding carboxylic acids is 2. The monoisotopic (exact) mass is 260 g/mol. The Morgan fingerprint density at radius 2 is 2.00 bits per heavy atom. The number of carbonyl (C=O) groups is 2. The van der Waals surface area contributed by atoms with Crippen molar-refractivity contribution in [2.24, 2.45) is 11.8 Å². The second kappa shape index (κ2) is 4.30. The Morgan fingerprint density at radius 3 is 2.58 bits per heavy atom. The summed E-state index contributed by atoms with van der Waals surface area (Å²) in [7, 11) is 0. The lowest BCUT2D eigenvalue weighted by atomic mass is 9.73. The molecule has 3 atom stereocenters. The van der Waals surface area contributed by atoms with Crippen LogP contribution in [-0.4, -0.2) is 17.9 Å². The summed E-state index contributed by atoms with van der Waals surface area (Å²) in [4.78, 5) is 23.3. The zero-order valence-corrected chi connectivity index (χ0v) is 10.4. The molecule has 0 amide bonds. The van der Waals surface area contributed by atoms with Gasteiger partial charge in [-0.15, -0.1) is 0 Å².